The molecule has 5 nitrogen and oxygen atoms in total. The first kappa shape index (κ1) is 9.73. The molecule has 1 amide bonds. The molecule has 0 aromatic carbocycles. The summed E-state index contributed by atoms with van der Waals surface area (Å²) < 4.78 is 1.80. The number of nitrogens with two attached hydrogens (primary N) is 1. The predicted octanol–water partition coefficient (Wildman–Crippen LogP) is 0.205. The summed E-state index contributed by atoms with van der Waals surface area (Å²) in [6.07, 6.45) is 0.992. The molecule has 0 saturated heterocycles. The number of hydrazine groups is 1. The number of carbonyl (C=O) groups excluding carboxylic acids is 1. The van der Waals surface area contributed by atoms with Crippen LogP contribution in [0.3, 0.4) is 0 Å². The third-order valence-electron chi connectivity index (χ3n) is 1.78. The molecule has 0 aliphatic heterocycles. The fourth-order valence-electron chi connectivity index (χ4n) is 1.13. The summed E-state index contributed by atoms with van der Waals surface area (Å²) in [4.78, 5) is 11.1. The van der Waals surface area contributed by atoms with E-state index in [0.717, 1.165) is 18.7 Å². The summed E-state index contributed by atoms with van der Waals surface area (Å²) in [6, 6.07) is 1.72. The van der Waals surface area contributed by atoms with Crippen LogP contribution < -0.4 is 11.3 Å². The third kappa shape index (κ3) is 2.06. The van der Waals surface area contributed by atoms with Gasteiger partial charge in [0.15, 0.2) is 5.69 Å². The largest absolute Gasteiger partial charge is 0.289 e. The molecule has 5 heteroatoms. The van der Waals surface area contributed by atoms with Crippen LogP contribution in [0.25, 0.3) is 0 Å². The van der Waals surface area contributed by atoms with Gasteiger partial charge in [0, 0.05) is 12.2 Å². The fourth-order valence-corrected chi connectivity index (χ4v) is 1.13. The number of rotatable bonds is 3. The van der Waals surface area contributed by atoms with E-state index in [1.807, 2.05) is 12.3 Å². The highest BCUT2D eigenvalue weighted by atomic mass is 16.2. The van der Waals surface area contributed by atoms with Gasteiger partial charge in [-0.25, -0.2) is 5.84 Å². The van der Waals surface area contributed by atoms with E-state index in [4.69, 9.17) is 5.84 Å². The smallest absolute Gasteiger partial charge is 0.285 e. The summed E-state index contributed by atoms with van der Waals surface area (Å²) in [5, 5.41) is 4.09. The molecule has 3 N–H and O–H groups in total. The summed E-state index contributed by atoms with van der Waals surface area (Å²) in [5.41, 5.74) is 3.39. The minimum atomic E-state index is -0.349. The monoisotopic (exact) mass is 182 g/mol. The van der Waals surface area contributed by atoms with Crippen LogP contribution in [0.2, 0.25) is 0 Å². The predicted molar refractivity (Wildman–Crippen MR) is 48.9 cm³/mol. The van der Waals surface area contributed by atoms with E-state index in [1.54, 1.807) is 10.7 Å². The van der Waals surface area contributed by atoms with Crippen molar-refractivity contribution in [2.75, 3.05) is 0 Å². The SMILES string of the molecule is CCCn1nc(C(=O)NN)cc1C. The van der Waals surface area contributed by atoms with Crippen molar-refractivity contribution in [3.8, 4) is 0 Å². The number of hydrogen-bond acceptors (Lipinski definition) is 3. The Morgan fingerprint density at radius 1 is 1.77 bits per heavy atom. The molecule has 0 radical (unpaired) electrons. The van der Waals surface area contributed by atoms with E-state index in [2.05, 4.69) is 12.0 Å². The van der Waals surface area contributed by atoms with Crippen molar-refractivity contribution in [2.24, 2.45) is 5.84 Å². The summed E-state index contributed by atoms with van der Waals surface area (Å²) >= 11 is 0. The van der Waals surface area contributed by atoms with E-state index in [-0.39, 0.29) is 5.91 Å². The molecule has 0 atom stereocenters. The highest BCUT2D eigenvalue weighted by Gasteiger charge is 2.09. The van der Waals surface area contributed by atoms with Gasteiger partial charge in [-0.2, -0.15) is 5.10 Å². The molecule has 0 unspecified atom stereocenters. The number of carbonyl (C=O) groups is 1. The Morgan fingerprint density at radius 3 is 3.00 bits per heavy atom. The van der Waals surface area contributed by atoms with Gasteiger partial charge in [0.2, 0.25) is 0 Å². The highest BCUT2D eigenvalue weighted by molar-refractivity contribution is 5.91. The molecule has 13 heavy (non-hydrogen) atoms. The first-order valence-corrected chi connectivity index (χ1v) is 4.24. The van der Waals surface area contributed by atoms with Crippen LogP contribution in [0.1, 0.15) is 29.5 Å². The third-order valence-corrected chi connectivity index (χ3v) is 1.78. The van der Waals surface area contributed by atoms with Gasteiger partial charge in [-0.1, -0.05) is 6.92 Å². The molecular weight excluding hydrogens is 168 g/mol. The number of aromatic nitrogens is 2. The quantitative estimate of drug-likeness (QED) is 0.398. The van der Waals surface area contributed by atoms with Gasteiger partial charge in [-0.3, -0.25) is 14.9 Å². The minimum absolute atomic E-state index is 0.349. The first-order chi connectivity index (χ1) is 6.19. The lowest BCUT2D eigenvalue weighted by Gasteiger charge is -1.99. The molecule has 1 aromatic heterocycles. The number of aryl methyl sites for hydroxylation is 2. The maximum atomic E-state index is 11.1. The van der Waals surface area contributed by atoms with Gasteiger partial charge in [0.05, 0.1) is 0 Å². The zero-order valence-corrected chi connectivity index (χ0v) is 7.87. The second-order valence-electron chi connectivity index (χ2n) is 2.87. The summed E-state index contributed by atoms with van der Waals surface area (Å²) in [5.74, 6) is 4.64. The summed E-state index contributed by atoms with van der Waals surface area (Å²) in [7, 11) is 0. The number of nitrogen functional groups attached to an aromatic ring is 1. The van der Waals surface area contributed by atoms with Crippen LogP contribution in [-0.2, 0) is 6.54 Å². The van der Waals surface area contributed by atoms with Gasteiger partial charge in [0.1, 0.15) is 0 Å². The van der Waals surface area contributed by atoms with Gasteiger partial charge in [-0.15, -0.1) is 0 Å². The van der Waals surface area contributed by atoms with Crippen LogP contribution in [0.5, 0.6) is 0 Å². The maximum Gasteiger partial charge on any atom is 0.285 e. The Balaban J connectivity index is 2.88. The van der Waals surface area contributed by atoms with E-state index >= 15 is 0 Å². The van der Waals surface area contributed by atoms with E-state index < -0.39 is 0 Å². The van der Waals surface area contributed by atoms with Crippen molar-refractivity contribution in [1.29, 1.82) is 0 Å². The molecule has 1 heterocycles. The lowest BCUT2D eigenvalue weighted by molar-refractivity contribution is 0.0948. The zero-order valence-electron chi connectivity index (χ0n) is 7.87. The Hall–Kier alpha value is -1.36. The van der Waals surface area contributed by atoms with Crippen LogP contribution in [0.15, 0.2) is 6.07 Å². The van der Waals surface area contributed by atoms with Crippen molar-refractivity contribution in [3.05, 3.63) is 17.5 Å². The van der Waals surface area contributed by atoms with E-state index in [1.165, 1.54) is 0 Å². The lowest BCUT2D eigenvalue weighted by Crippen LogP contribution is -2.30. The molecule has 0 spiro atoms. The average Bonchev–Trinajstić information content (AvgIpc) is 2.47. The zero-order chi connectivity index (χ0) is 9.84. The van der Waals surface area contributed by atoms with Crippen molar-refractivity contribution >= 4 is 5.91 Å². The molecule has 1 aromatic rings. The summed E-state index contributed by atoms with van der Waals surface area (Å²) in [6.45, 7) is 4.80. The van der Waals surface area contributed by atoms with Crippen molar-refractivity contribution in [1.82, 2.24) is 15.2 Å². The topological polar surface area (TPSA) is 72.9 Å². The number of amides is 1. The van der Waals surface area contributed by atoms with Crippen LogP contribution in [-0.4, -0.2) is 15.7 Å². The van der Waals surface area contributed by atoms with E-state index in [9.17, 15) is 4.79 Å². The fraction of sp³-hybridized carbons (Fsp3) is 0.500. The molecule has 0 fully saturated rings. The van der Waals surface area contributed by atoms with Gasteiger partial charge in [-0.05, 0) is 19.4 Å². The van der Waals surface area contributed by atoms with Gasteiger partial charge < -0.3 is 0 Å². The van der Waals surface area contributed by atoms with Crippen molar-refractivity contribution in [2.45, 2.75) is 26.8 Å². The van der Waals surface area contributed by atoms with E-state index in [0.29, 0.717) is 5.69 Å². The molecule has 0 saturated carbocycles. The van der Waals surface area contributed by atoms with Gasteiger partial charge in [0.25, 0.3) is 5.91 Å². The highest BCUT2D eigenvalue weighted by Crippen LogP contribution is 2.03. The number of hydrogen-bond donors (Lipinski definition) is 2. The molecule has 72 valence electrons. The number of nitrogens with zero attached hydrogens (tertiary/aromatic N) is 2. The molecular formula is C8H14N4O. The Bertz CT molecular complexity index is 305. The Kier molecular flexibility index (Phi) is 3.02. The van der Waals surface area contributed by atoms with Crippen LogP contribution >= 0.6 is 0 Å². The maximum absolute atomic E-state index is 11.1. The molecule has 1 rings (SSSR count). The van der Waals surface area contributed by atoms with Crippen molar-refractivity contribution < 1.29 is 4.79 Å². The van der Waals surface area contributed by atoms with Crippen molar-refractivity contribution in [3.63, 3.8) is 0 Å². The molecule has 0 aliphatic rings. The second-order valence-corrected chi connectivity index (χ2v) is 2.87. The van der Waals surface area contributed by atoms with Crippen LogP contribution in [0, 0.1) is 6.92 Å². The standard InChI is InChI=1S/C8H14N4O/c1-3-4-12-6(2)5-7(11-12)8(13)10-9/h5H,3-4,9H2,1-2H3,(H,10,13). The average molecular weight is 182 g/mol. The van der Waals surface area contributed by atoms with Gasteiger partial charge >= 0.3 is 0 Å². The number of nitrogens with one attached hydrogen (secondary N) is 1. The normalized spacial score (nSPS) is 10.1. The first-order valence-electron chi connectivity index (χ1n) is 4.24. The molecule has 0 bridgehead atoms. The second kappa shape index (κ2) is 4.04. The minimum Gasteiger partial charge on any atom is -0.289 e. The lowest BCUT2D eigenvalue weighted by atomic mass is 10.3. The van der Waals surface area contributed by atoms with Crippen LogP contribution in [0.4, 0.5) is 0 Å². The Morgan fingerprint density at radius 2 is 2.46 bits per heavy atom. The molecule has 0 aliphatic carbocycles. The Labute approximate surface area is 76.9 Å².